The first-order valence-corrected chi connectivity index (χ1v) is 8.86. The van der Waals surface area contributed by atoms with E-state index in [0.717, 1.165) is 51.1 Å². The van der Waals surface area contributed by atoms with Crippen molar-refractivity contribution in [3.63, 3.8) is 0 Å². The molecule has 3 rings (SSSR count). The lowest BCUT2D eigenvalue weighted by atomic mass is 10.1. The molecular weight excluding hydrogens is 282 g/mol. The Morgan fingerprint density at radius 2 is 1.78 bits per heavy atom. The molecule has 1 aromatic heterocycles. The van der Waals surface area contributed by atoms with Crippen molar-refractivity contribution in [2.75, 3.05) is 25.0 Å². The fraction of sp³-hybridized carbons (Fsp3) is 0.450. The zero-order valence-electron chi connectivity index (χ0n) is 14.1. The van der Waals surface area contributed by atoms with Crippen LogP contribution in [0.4, 0.5) is 5.82 Å². The number of rotatable bonds is 7. The third-order valence-electron chi connectivity index (χ3n) is 4.53. The molecular formula is C20H27N3. The lowest BCUT2D eigenvalue weighted by Gasteiger charge is -2.17. The number of anilines is 1. The van der Waals surface area contributed by atoms with Crippen LogP contribution in [0, 0.1) is 0 Å². The maximum absolute atomic E-state index is 4.74. The van der Waals surface area contributed by atoms with Gasteiger partial charge in [-0.15, -0.1) is 0 Å². The van der Waals surface area contributed by atoms with Crippen LogP contribution in [-0.4, -0.2) is 24.6 Å². The fourth-order valence-electron chi connectivity index (χ4n) is 3.02. The maximum Gasteiger partial charge on any atom is 0.129 e. The molecule has 0 radical (unpaired) electrons. The summed E-state index contributed by atoms with van der Waals surface area (Å²) in [5, 5.41) is 6.93. The molecule has 0 saturated heterocycles. The Kier molecular flexibility index (Phi) is 5.65. The van der Waals surface area contributed by atoms with E-state index in [2.05, 4.69) is 54.0 Å². The zero-order chi connectivity index (χ0) is 15.9. The lowest BCUT2D eigenvalue weighted by molar-refractivity contribution is 0.674. The van der Waals surface area contributed by atoms with E-state index in [9.17, 15) is 0 Å². The topological polar surface area (TPSA) is 37.0 Å². The monoisotopic (exact) mass is 309 g/mol. The van der Waals surface area contributed by atoms with E-state index in [1.165, 1.54) is 28.8 Å². The van der Waals surface area contributed by atoms with Gasteiger partial charge in [-0.3, -0.25) is 0 Å². The normalized spacial score (nSPS) is 13.4. The minimum Gasteiger partial charge on any atom is -0.370 e. The largest absolute Gasteiger partial charge is 0.370 e. The second-order valence-corrected chi connectivity index (χ2v) is 6.26. The van der Waals surface area contributed by atoms with E-state index in [1.807, 2.05) is 0 Å². The van der Waals surface area contributed by atoms with Crippen LogP contribution in [0.15, 0.2) is 36.4 Å². The molecule has 0 atom stereocenters. The van der Waals surface area contributed by atoms with E-state index < -0.39 is 0 Å². The predicted molar refractivity (Wildman–Crippen MR) is 97.1 cm³/mol. The van der Waals surface area contributed by atoms with E-state index in [4.69, 9.17) is 4.98 Å². The van der Waals surface area contributed by atoms with Crippen molar-refractivity contribution in [2.24, 2.45) is 0 Å². The summed E-state index contributed by atoms with van der Waals surface area (Å²) in [6.07, 6.45) is 5.56. The fourth-order valence-corrected chi connectivity index (χ4v) is 3.02. The highest BCUT2D eigenvalue weighted by Gasteiger charge is 2.09. The number of pyridine rings is 1. The SMILES string of the molecule is CCc1ccc(CCNCCc2ccc3c(n2)NCCC3)cc1. The smallest absolute Gasteiger partial charge is 0.129 e. The third kappa shape index (κ3) is 4.55. The van der Waals surface area contributed by atoms with Crippen molar-refractivity contribution in [1.82, 2.24) is 10.3 Å². The van der Waals surface area contributed by atoms with Gasteiger partial charge in [-0.2, -0.15) is 0 Å². The Morgan fingerprint density at radius 3 is 2.61 bits per heavy atom. The number of hydrogen-bond acceptors (Lipinski definition) is 3. The Bertz CT molecular complexity index is 619. The summed E-state index contributed by atoms with van der Waals surface area (Å²) >= 11 is 0. The van der Waals surface area contributed by atoms with Crippen molar-refractivity contribution in [1.29, 1.82) is 0 Å². The van der Waals surface area contributed by atoms with Gasteiger partial charge in [0.25, 0.3) is 0 Å². The Morgan fingerprint density at radius 1 is 1.00 bits per heavy atom. The van der Waals surface area contributed by atoms with E-state index in [1.54, 1.807) is 0 Å². The molecule has 3 nitrogen and oxygen atoms in total. The van der Waals surface area contributed by atoms with Gasteiger partial charge in [0.15, 0.2) is 0 Å². The van der Waals surface area contributed by atoms with Crippen molar-refractivity contribution in [2.45, 2.75) is 39.0 Å². The van der Waals surface area contributed by atoms with E-state index in [-0.39, 0.29) is 0 Å². The molecule has 23 heavy (non-hydrogen) atoms. The Labute approximate surface area is 139 Å². The van der Waals surface area contributed by atoms with Crippen molar-refractivity contribution in [3.05, 3.63) is 58.8 Å². The average molecular weight is 309 g/mol. The number of fused-ring (bicyclic) bond motifs is 1. The summed E-state index contributed by atoms with van der Waals surface area (Å²) < 4.78 is 0. The van der Waals surface area contributed by atoms with Crippen LogP contribution in [0.25, 0.3) is 0 Å². The number of nitrogens with zero attached hydrogens (tertiary/aromatic N) is 1. The number of nitrogens with one attached hydrogen (secondary N) is 2. The van der Waals surface area contributed by atoms with Gasteiger partial charge in [-0.25, -0.2) is 4.98 Å². The lowest BCUT2D eigenvalue weighted by Crippen LogP contribution is -2.21. The quantitative estimate of drug-likeness (QED) is 0.770. The molecule has 0 spiro atoms. The minimum absolute atomic E-state index is 0.985. The van der Waals surface area contributed by atoms with Crippen LogP contribution >= 0.6 is 0 Å². The van der Waals surface area contributed by atoms with Gasteiger partial charge in [0.05, 0.1) is 0 Å². The highest BCUT2D eigenvalue weighted by atomic mass is 15.0. The molecule has 0 unspecified atom stereocenters. The van der Waals surface area contributed by atoms with E-state index in [0.29, 0.717) is 0 Å². The first kappa shape index (κ1) is 16.0. The summed E-state index contributed by atoms with van der Waals surface area (Å²) in [6.45, 7) is 5.26. The van der Waals surface area contributed by atoms with Gasteiger partial charge in [-0.05, 0) is 55.0 Å². The summed E-state index contributed by atoms with van der Waals surface area (Å²) in [5.41, 5.74) is 5.36. The molecule has 0 aliphatic carbocycles. The second-order valence-electron chi connectivity index (χ2n) is 6.26. The van der Waals surface area contributed by atoms with Crippen LogP contribution in [0.3, 0.4) is 0 Å². The molecule has 1 aromatic carbocycles. The van der Waals surface area contributed by atoms with Crippen LogP contribution in [0.1, 0.15) is 35.7 Å². The van der Waals surface area contributed by atoms with Crippen molar-refractivity contribution < 1.29 is 0 Å². The van der Waals surface area contributed by atoms with Crippen LogP contribution in [0.2, 0.25) is 0 Å². The van der Waals surface area contributed by atoms with Crippen LogP contribution < -0.4 is 10.6 Å². The molecule has 2 N–H and O–H groups in total. The van der Waals surface area contributed by atoms with Gasteiger partial charge in [0.1, 0.15) is 5.82 Å². The molecule has 1 aliphatic heterocycles. The zero-order valence-corrected chi connectivity index (χ0v) is 14.1. The molecule has 3 heteroatoms. The Balaban J connectivity index is 1.39. The summed E-state index contributed by atoms with van der Waals surface area (Å²) in [5.74, 6) is 1.10. The molecule has 1 aliphatic rings. The Hall–Kier alpha value is -1.87. The molecule has 2 aromatic rings. The van der Waals surface area contributed by atoms with Crippen molar-refractivity contribution >= 4 is 5.82 Å². The standard InChI is InChI=1S/C20H27N3/c1-2-16-5-7-17(8-6-16)11-14-21-15-12-19-10-9-18-4-3-13-22-20(18)23-19/h5-10,21H,2-4,11-15H2,1H3,(H,22,23). The third-order valence-corrected chi connectivity index (χ3v) is 4.53. The highest BCUT2D eigenvalue weighted by Crippen LogP contribution is 2.19. The van der Waals surface area contributed by atoms with Crippen molar-refractivity contribution in [3.8, 4) is 0 Å². The van der Waals surface area contributed by atoms with Gasteiger partial charge in [-0.1, -0.05) is 37.3 Å². The van der Waals surface area contributed by atoms with Crippen LogP contribution in [0.5, 0.6) is 0 Å². The molecule has 0 bridgehead atoms. The average Bonchev–Trinajstić information content (AvgIpc) is 2.62. The van der Waals surface area contributed by atoms with Gasteiger partial charge >= 0.3 is 0 Å². The number of aryl methyl sites for hydroxylation is 2. The highest BCUT2D eigenvalue weighted by molar-refractivity contribution is 5.47. The van der Waals surface area contributed by atoms with Crippen LogP contribution in [-0.2, 0) is 25.7 Å². The second kappa shape index (κ2) is 8.11. The summed E-state index contributed by atoms with van der Waals surface area (Å²) in [6, 6.07) is 13.4. The molecule has 2 heterocycles. The van der Waals surface area contributed by atoms with Gasteiger partial charge < -0.3 is 10.6 Å². The first-order valence-electron chi connectivity index (χ1n) is 8.86. The van der Waals surface area contributed by atoms with Gasteiger partial charge in [0.2, 0.25) is 0 Å². The molecule has 0 amide bonds. The van der Waals surface area contributed by atoms with E-state index >= 15 is 0 Å². The minimum atomic E-state index is 0.985. The maximum atomic E-state index is 4.74. The number of benzene rings is 1. The number of hydrogen-bond donors (Lipinski definition) is 2. The molecule has 0 saturated carbocycles. The number of aromatic nitrogens is 1. The summed E-state index contributed by atoms with van der Waals surface area (Å²) in [4.78, 5) is 4.74. The predicted octanol–water partition coefficient (Wildman–Crippen LogP) is 3.38. The molecule has 122 valence electrons. The molecule has 0 fully saturated rings. The summed E-state index contributed by atoms with van der Waals surface area (Å²) in [7, 11) is 0. The van der Waals surface area contributed by atoms with Gasteiger partial charge in [0, 0.05) is 25.2 Å². The first-order chi connectivity index (χ1) is 11.3.